The predicted molar refractivity (Wildman–Crippen MR) is 112 cm³/mol. The van der Waals surface area contributed by atoms with Crippen LogP contribution in [0, 0.1) is 11.8 Å². The highest BCUT2D eigenvalue weighted by Gasteiger charge is 2.74. The summed E-state index contributed by atoms with van der Waals surface area (Å²) in [4.78, 5) is 44.1. The molecule has 0 radical (unpaired) electrons. The van der Waals surface area contributed by atoms with Gasteiger partial charge in [0.25, 0.3) is 0 Å². The molecular weight excluding hydrogens is 425 g/mol. The van der Waals surface area contributed by atoms with E-state index in [1.165, 1.54) is 6.07 Å². The van der Waals surface area contributed by atoms with Gasteiger partial charge in [0.15, 0.2) is 0 Å². The number of amides is 3. The molecule has 1 N–H and O–H groups in total. The van der Waals surface area contributed by atoms with Crippen LogP contribution < -0.4 is 10.2 Å². The number of rotatable bonds is 1. The predicted octanol–water partition coefficient (Wildman–Crippen LogP) is 3.42. The summed E-state index contributed by atoms with van der Waals surface area (Å²) in [5, 5.41) is 3.61. The number of nitrogens with one attached hydrogen (secondary N) is 1. The molecule has 4 atom stereocenters. The fourth-order valence-corrected chi connectivity index (χ4v) is 6.42. The van der Waals surface area contributed by atoms with Gasteiger partial charge in [0.1, 0.15) is 5.54 Å². The molecule has 4 heterocycles. The van der Waals surface area contributed by atoms with E-state index in [0.29, 0.717) is 17.3 Å². The number of hydrogen-bond donors (Lipinski definition) is 1. The van der Waals surface area contributed by atoms with Crippen LogP contribution in [0.25, 0.3) is 0 Å². The Morgan fingerprint density at radius 3 is 2.67 bits per heavy atom. The number of hydrogen-bond acceptors (Lipinski definition) is 4. The number of halogens is 2. The molecule has 0 aromatic heterocycles. The quantitative estimate of drug-likeness (QED) is 0.688. The van der Waals surface area contributed by atoms with E-state index in [2.05, 4.69) is 10.2 Å². The molecule has 3 amide bonds. The van der Waals surface area contributed by atoms with E-state index in [1.54, 1.807) is 12.1 Å². The number of carbonyl (C=O) groups is 3. The fourth-order valence-electron chi connectivity index (χ4n) is 6.05. The van der Waals surface area contributed by atoms with Gasteiger partial charge in [-0.05, 0) is 43.7 Å². The highest BCUT2D eigenvalue weighted by atomic mass is 35.5. The van der Waals surface area contributed by atoms with Crippen molar-refractivity contribution in [3.63, 3.8) is 0 Å². The Balaban J connectivity index is 1.57. The van der Waals surface area contributed by atoms with Crippen LogP contribution in [0.5, 0.6) is 0 Å². The first-order valence-corrected chi connectivity index (χ1v) is 10.7. The third-order valence-corrected chi connectivity index (χ3v) is 7.60. The topological polar surface area (TPSA) is 69.7 Å². The Labute approximate surface area is 182 Å². The molecule has 0 bridgehead atoms. The van der Waals surface area contributed by atoms with Gasteiger partial charge in [-0.1, -0.05) is 41.4 Å². The average molecular weight is 442 g/mol. The Bertz CT molecular complexity index is 1150. The molecule has 4 aliphatic heterocycles. The molecule has 6 rings (SSSR count). The molecule has 4 aliphatic rings. The minimum atomic E-state index is -1.17. The van der Waals surface area contributed by atoms with Crippen molar-refractivity contribution in [3.05, 3.63) is 58.1 Å². The van der Waals surface area contributed by atoms with Crippen molar-refractivity contribution >= 4 is 52.3 Å². The minimum Gasteiger partial charge on any atom is -0.324 e. The zero-order valence-corrected chi connectivity index (χ0v) is 17.3. The van der Waals surface area contributed by atoms with E-state index in [4.69, 9.17) is 23.2 Å². The monoisotopic (exact) mass is 441 g/mol. The minimum absolute atomic E-state index is 0.161. The highest BCUT2D eigenvalue weighted by Crippen LogP contribution is 2.60. The van der Waals surface area contributed by atoms with E-state index in [-0.39, 0.29) is 28.6 Å². The lowest BCUT2D eigenvalue weighted by Gasteiger charge is -2.36. The van der Waals surface area contributed by atoms with Gasteiger partial charge in [-0.3, -0.25) is 19.3 Å². The highest BCUT2D eigenvalue weighted by molar-refractivity contribution is 6.38. The van der Waals surface area contributed by atoms with Crippen LogP contribution in [0.2, 0.25) is 10.0 Å². The van der Waals surface area contributed by atoms with Gasteiger partial charge in [0.05, 0.1) is 22.5 Å². The Kier molecular flexibility index (Phi) is 3.71. The summed E-state index contributed by atoms with van der Waals surface area (Å²) in [6.07, 6.45) is 1.65. The first kappa shape index (κ1) is 18.4. The fraction of sp³-hybridized carbons (Fsp3) is 0.318. The standard InChI is InChI=1S/C22H17Cl2N3O3/c23-11-7-8-13(24)16(10-11)27-19(28)17-15-6-3-9-26(15)22(18(17)20(27)29)12-4-1-2-5-14(12)25-21(22)30/h1-2,4-5,7-8,10,15,17-18H,3,6,9H2,(H,25,30)/t15-,17+,18+,22-/m0/s1. The van der Waals surface area contributed by atoms with Crippen LogP contribution in [0.15, 0.2) is 42.5 Å². The van der Waals surface area contributed by atoms with E-state index in [1.807, 2.05) is 24.3 Å². The summed E-state index contributed by atoms with van der Waals surface area (Å²) in [5.74, 6) is -2.32. The lowest BCUT2D eigenvalue weighted by molar-refractivity contribution is -0.135. The normalized spacial score (nSPS) is 32.0. The Morgan fingerprint density at radius 2 is 1.83 bits per heavy atom. The summed E-state index contributed by atoms with van der Waals surface area (Å²) in [5.41, 5.74) is 0.581. The summed E-state index contributed by atoms with van der Waals surface area (Å²) < 4.78 is 0. The zero-order valence-electron chi connectivity index (χ0n) is 15.8. The SMILES string of the molecule is O=C1[C@@H]2[C@@H]3CCCN3[C@]3(C(=O)Nc4ccccc43)[C@H]2C(=O)N1c1cc(Cl)ccc1Cl. The molecule has 2 aromatic carbocycles. The molecule has 8 heteroatoms. The molecule has 3 saturated heterocycles. The van der Waals surface area contributed by atoms with Crippen LogP contribution in [0.1, 0.15) is 18.4 Å². The number of imide groups is 1. The maximum atomic E-state index is 13.8. The van der Waals surface area contributed by atoms with Gasteiger partial charge >= 0.3 is 0 Å². The summed E-state index contributed by atoms with van der Waals surface area (Å²) in [6.45, 7) is 0.678. The molecule has 6 nitrogen and oxygen atoms in total. The van der Waals surface area contributed by atoms with Gasteiger partial charge in [0, 0.05) is 22.3 Å². The Hall–Kier alpha value is -2.41. The Morgan fingerprint density at radius 1 is 1.03 bits per heavy atom. The lowest BCUT2D eigenvalue weighted by atomic mass is 9.75. The molecule has 0 unspecified atom stereocenters. The van der Waals surface area contributed by atoms with Crippen LogP contribution in [0.4, 0.5) is 11.4 Å². The van der Waals surface area contributed by atoms with Crippen molar-refractivity contribution < 1.29 is 14.4 Å². The smallest absolute Gasteiger partial charge is 0.250 e. The number of nitrogens with zero attached hydrogens (tertiary/aromatic N) is 2. The van der Waals surface area contributed by atoms with Crippen molar-refractivity contribution in [3.8, 4) is 0 Å². The summed E-state index contributed by atoms with van der Waals surface area (Å²) in [7, 11) is 0. The molecular formula is C22H17Cl2N3O3. The van der Waals surface area contributed by atoms with Gasteiger partial charge in [-0.25, -0.2) is 4.90 Å². The first-order valence-electron chi connectivity index (χ1n) is 9.97. The van der Waals surface area contributed by atoms with Gasteiger partial charge < -0.3 is 5.32 Å². The summed E-state index contributed by atoms with van der Waals surface area (Å²) >= 11 is 12.5. The second-order valence-corrected chi connectivity index (χ2v) is 9.12. The molecule has 152 valence electrons. The van der Waals surface area contributed by atoms with Crippen molar-refractivity contribution in [1.29, 1.82) is 0 Å². The molecule has 3 fully saturated rings. The third kappa shape index (κ3) is 2.02. The first-order chi connectivity index (χ1) is 14.5. The zero-order chi connectivity index (χ0) is 20.8. The number of benzene rings is 2. The van der Waals surface area contributed by atoms with Crippen LogP contribution in [0.3, 0.4) is 0 Å². The molecule has 0 saturated carbocycles. The van der Waals surface area contributed by atoms with E-state index >= 15 is 0 Å². The van der Waals surface area contributed by atoms with Gasteiger partial charge in [-0.2, -0.15) is 0 Å². The molecule has 1 spiro atoms. The summed E-state index contributed by atoms with van der Waals surface area (Å²) in [6, 6.07) is 12.0. The lowest BCUT2D eigenvalue weighted by Crippen LogP contribution is -2.54. The van der Waals surface area contributed by atoms with Crippen LogP contribution in [-0.2, 0) is 19.9 Å². The van der Waals surface area contributed by atoms with E-state index in [0.717, 1.165) is 23.3 Å². The van der Waals surface area contributed by atoms with Crippen molar-refractivity contribution in [2.45, 2.75) is 24.4 Å². The van der Waals surface area contributed by atoms with Crippen molar-refractivity contribution in [1.82, 2.24) is 4.90 Å². The number of fused-ring (bicyclic) bond motifs is 7. The average Bonchev–Trinajstić information content (AvgIpc) is 3.42. The maximum Gasteiger partial charge on any atom is 0.250 e. The van der Waals surface area contributed by atoms with Gasteiger partial charge in [0.2, 0.25) is 17.7 Å². The van der Waals surface area contributed by atoms with Crippen LogP contribution in [-0.4, -0.2) is 35.2 Å². The van der Waals surface area contributed by atoms with E-state index in [9.17, 15) is 14.4 Å². The number of para-hydroxylation sites is 1. The second kappa shape index (κ2) is 6.06. The maximum absolute atomic E-state index is 13.8. The number of carbonyl (C=O) groups excluding carboxylic acids is 3. The van der Waals surface area contributed by atoms with Crippen LogP contribution >= 0.6 is 23.2 Å². The second-order valence-electron chi connectivity index (χ2n) is 8.28. The molecule has 2 aromatic rings. The van der Waals surface area contributed by atoms with E-state index < -0.39 is 23.3 Å². The number of anilines is 2. The molecule has 0 aliphatic carbocycles. The largest absolute Gasteiger partial charge is 0.324 e. The molecule has 30 heavy (non-hydrogen) atoms. The third-order valence-electron chi connectivity index (χ3n) is 7.05. The van der Waals surface area contributed by atoms with Crippen molar-refractivity contribution in [2.75, 3.05) is 16.8 Å². The van der Waals surface area contributed by atoms with Crippen molar-refractivity contribution in [2.24, 2.45) is 11.8 Å². The van der Waals surface area contributed by atoms with Gasteiger partial charge in [-0.15, -0.1) is 0 Å².